The summed E-state index contributed by atoms with van der Waals surface area (Å²) in [6, 6.07) is 14.7. The third-order valence-electron chi connectivity index (χ3n) is 4.51. The van der Waals surface area contributed by atoms with E-state index >= 15 is 0 Å². The molecule has 30 heavy (non-hydrogen) atoms. The number of nitrogens with zero attached hydrogens (tertiary/aromatic N) is 3. The predicted octanol–water partition coefficient (Wildman–Crippen LogP) is 3.47. The van der Waals surface area contributed by atoms with Crippen LogP contribution in [0.15, 0.2) is 65.7 Å². The van der Waals surface area contributed by atoms with E-state index in [2.05, 4.69) is 15.3 Å². The molecule has 0 unspecified atom stereocenters. The van der Waals surface area contributed by atoms with E-state index in [0.717, 1.165) is 9.54 Å². The molecule has 0 atom stereocenters. The van der Waals surface area contributed by atoms with Crippen molar-refractivity contribution in [2.75, 3.05) is 5.32 Å². The number of anilines is 2. The lowest BCUT2D eigenvalue weighted by atomic mass is 10.1. The third-order valence-corrected chi connectivity index (χ3v) is 6.36. The van der Waals surface area contributed by atoms with Crippen LogP contribution in [-0.4, -0.2) is 28.3 Å². The highest BCUT2D eigenvalue weighted by atomic mass is 35.5. The smallest absolute Gasteiger partial charge is 0.269 e. The predicted molar refractivity (Wildman–Crippen MR) is 115 cm³/mol. The van der Waals surface area contributed by atoms with Crippen molar-refractivity contribution in [2.24, 2.45) is 5.73 Å². The van der Waals surface area contributed by atoms with Crippen LogP contribution in [0.1, 0.15) is 15.9 Å². The molecule has 152 valence electrons. The number of carbonyl (C=O) groups excluding carboxylic acids is 1. The fraction of sp³-hybridized carbons (Fsp3) is 0.0500. The molecule has 4 rings (SSSR count). The molecule has 4 aromatic rings. The molecule has 2 aromatic heterocycles. The van der Waals surface area contributed by atoms with E-state index in [1.54, 1.807) is 42.5 Å². The second kappa shape index (κ2) is 7.43. The maximum absolute atomic E-state index is 13.1. The van der Waals surface area contributed by atoms with Crippen LogP contribution in [0.3, 0.4) is 0 Å². The molecule has 0 spiro atoms. The molecule has 8 nitrogen and oxygen atoms in total. The molecular weight excluding hydrogens is 426 g/mol. The van der Waals surface area contributed by atoms with Crippen LogP contribution in [-0.2, 0) is 10.0 Å². The van der Waals surface area contributed by atoms with Gasteiger partial charge in [-0.2, -0.15) is 9.97 Å². The van der Waals surface area contributed by atoms with Gasteiger partial charge in [-0.1, -0.05) is 29.8 Å². The normalized spacial score (nSPS) is 11.5. The molecule has 10 heteroatoms. The molecule has 2 heterocycles. The number of aromatic nitrogens is 3. The molecule has 0 bridgehead atoms. The second-order valence-electron chi connectivity index (χ2n) is 6.54. The average Bonchev–Trinajstić information content (AvgIpc) is 3.13. The second-order valence-corrected chi connectivity index (χ2v) is 8.70. The Bertz CT molecular complexity index is 1380. The highest BCUT2D eigenvalue weighted by Gasteiger charge is 2.22. The van der Waals surface area contributed by atoms with Crippen molar-refractivity contribution in [2.45, 2.75) is 11.8 Å². The van der Waals surface area contributed by atoms with Crippen LogP contribution >= 0.6 is 11.6 Å². The van der Waals surface area contributed by atoms with E-state index in [1.807, 2.05) is 6.92 Å². The van der Waals surface area contributed by atoms with Gasteiger partial charge in [0.15, 0.2) is 5.65 Å². The zero-order valence-corrected chi connectivity index (χ0v) is 17.3. The molecule has 0 aliphatic rings. The summed E-state index contributed by atoms with van der Waals surface area (Å²) in [5.41, 5.74) is 7.14. The molecule has 0 saturated carbocycles. The number of nitrogens with two attached hydrogens (primary N) is 1. The number of primary amides is 1. The Morgan fingerprint density at radius 1 is 1.07 bits per heavy atom. The van der Waals surface area contributed by atoms with E-state index in [0.29, 0.717) is 11.1 Å². The molecule has 0 saturated heterocycles. The molecule has 0 fully saturated rings. The number of nitrogens with one attached hydrogen (secondary N) is 1. The Morgan fingerprint density at radius 2 is 1.77 bits per heavy atom. The lowest BCUT2D eigenvalue weighted by Crippen LogP contribution is -2.14. The number of hydrogen-bond acceptors (Lipinski definition) is 6. The minimum absolute atomic E-state index is 0.106. The first kappa shape index (κ1) is 19.9. The number of aryl methyl sites for hydroxylation is 1. The van der Waals surface area contributed by atoms with Crippen LogP contribution in [0.25, 0.3) is 11.0 Å². The van der Waals surface area contributed by atoms with Crippen molar-refractivity contribution >= 4 is 50.1 Å². The van der Waals surface area contributed by atoms with Crippen molar-refractivity contribution in [3.8, 4) is 0 Å². The van der Waals surface area contributed by atoms with Gasteiger partial charge >= 0.3 is 0 Å². The van der Waals surface area contributed by atoms with Crippen LogP contribution in [0.5, 0.6) is 0 Å². The van der Waals surface area contributed by atoms with Crippen molar-refractivity contribution in [1.29, 1.82) is 0 Å². The summed E-state index contributed by atoms with van der Waals surface area (Å²) in [7, 11) is -3.90. The number of benzene rings is 2. The van der Waals surface area contributed by atoms with Gasteiger partial charge in [-0.25, -0.2) is 12.4 Å². The summed E-state index contributed by atoms with van der Waals surface area (Å²) in [6.45, 7) is 1.87. The Kier molecular flexibility index (Phi) is 4.92. The van der Waals surface area contributed by atoms with E-state index in [-0.39, 0.29) is 27.2 Å². The average molecular weight is 442 g/mol. The molecule has 0 radical (unpaired) electrons. The Hall–Kier alpha value is -3.43. The fourth-order valence-corrected chi connectivity index (χ4v) is 4.47. The van der Waals surface area contributed by atoms with Crippen LogP contribution in [0.2, 0.25) is 5.28 Å². The monoisotopic (exact) mass is 441 g/mol. The SMILES string of the molecule is Cc1ccc(S(=O)(=O)n2ccc3c(Nc4ccccc4C(N)=O)nc(Cl)nc32)cc1. The highest BCUT2D eigenvalue weighted by Crippen LogP contribution is 2.29. The van der Waals surface area contributed by atoms with Gasteiger partial charge in [0.25, 0.3) is 15.9 Å². The number of fused-ring (bicyclic) bond motifs is 1. The van der Waals surface area contributed by atoms with Crippen LogP contribution < -0.4 is 11.1 Å². The molecule has 1 amide bonds. The molecular formula is C20H16ClN5O3S. The van der Waals surface area contributed by atoms with E-state index in [9.17, 15) is 13.2 Å². The van der Waals surface area contributed by atoms with Crippen molar-refractivity contribution in [3.05, 3.63) is 77.2 Å². The lowest BCUT2D eigenvalue weighted by Gasteiger charge is -2.11. The quantitative estimate of drug-likeness (QED) is 0.457. The Morgan fingerprint density at radius 3 is 2.47 bits per heavy atom. The van der Waals surface area contributed by atoms with Crippen molar-refractivity contribution < 1.29 is 13.2 Å². The summed E-state index contributed by atoms with van der Waals surface area (Å²) >= 11 is 6.08. The maximum atomic E-state index is 13.1. The van der Waals surface area contributed by atoms with Gasteiger partial charge in [-0.15, -0.1) is 0 Å². The van der Waals surface area contributed by atoms with Crippen LogP contribution in [0, 0.1) is 6.92 Å². The fourth-order valence-electron chi connectivity index (χ4n) is 3.01. The van der Waals surface area contributed by atoms with Gasteiger partial charge in [0, 0.05) is 6.20 Å². The summed E-state index contributed by atoms with van der Waals surface area (Å²) < 4.78 is 27.3. The molecule has 0 aliphatic carbocycles. The van der Waals surface area contributed by atoms with E-state index in [4.69, 9.17) is 17.3 Å². The van der Waals surface area contributed by atoms with Gasteiger partial charge in [0.1, 0.15) is 5.82 Å². The zero-order valence-electron chi connectivity index (χ0n) is 15.7. The first-order chi connectivity index (χ1) is 14.3. The van der Waals surface area contributed by atoms with Gasteiger partial charge in [-0.3, -0.25) is 4.79 Å². The Balaban J connectivity index is 1.85. The number of halogens is 1. The minimum atomic E-state index is -3.90. The summed E-state index contributed by atoms with van der Waals surface area (Å²) in [5.74, 6) is -0.370. The summed E-state index contributed by atoms with van der Waals surface area (Å²) in [6.07, 6.45) is 1.38. The number of para-hydroxylation sites is 1. The van der Waals surface area contributed by atoms with Gasteiger partial charge < -0.3 is 11.1 Å². The first-order valence-electron chi connectivity index (χ1n) is 8.80. The molecule has 2 aromatic carbocycles. The molecule has 0 aliphatic heterocycles. The van der Waals surface area contributed by atoms with Gasteiger partial charge in [-0.05, 0) is 48.9 Å². The topological polar surface area (TPSA) is 120 Å². The third kappa shape index (κ3) is 3.49. The summed E-state index contributed by atoms with van der Waals surface area (Å²) in [4.78, 5) is 20.1. The van der Waals surface area contributed by atoms with Crippen LogP contribution in [0.4, 0.5) is 11.5 Å². The van der Waals surface area contributed by atoms with E-state index in [1.165, 1.54) is 18.3 Å². The first-order valence-corrected chi connectivity index (χ1v) is 10.6. The maximum Gasteiger partial charge on any atom is 0.269 e. The number of amides is 1. The lowest BCUT2D eigenvalue weighted by molar-refractivity contribution is 0.100. The van der Waals surface area contributed by atoms with Gasteiger partial charge in [0.05, 0.1) is 21.5 Å². The van der Waals surface area contributed by atoms with Gasteiger partial charge in [0.2, 0.25) is 5.28 Å². The number of rotatable bonds is 5. The number of hydrogen-bond donors (Lipinski definition) is 2. The van der Waals surface area contributed by atoms with Crippen molar-refractivity contribution in [1.82, 2.24) is 13.9 Å². The summed E-state index contributed by atoms with van der Waals surface area (Å²) in [5, 5.41) is 3.26. The van der Waals surface area contributed by atoms with E-state index < -0.39 is 15.9 Å². The minimum Gasteiger partial charge on any atom is -0.366 e. The zero-order chi connectivity index (χ0) is 21.5. The Labute approximate surface area is 177 Å². The molecule has 3 N–H and O–H groups in total. The number of carbonyl (C=O) groups is 1. The largest absolute Gasteiger partial charge is 0.366 e. The highest BCUT2D eigenvalue weighted by molar-refractivity contribution is 7.90. The standard InChI is InChI=1S/C20H16ClN5O3S/c1-12-6-8-13(9-7-12)30(28,29)26-11-10-15-18(24-20(21)25-19(15)26)23-16-5-3-2-4-14(16)17(22)27/h2-11H,1H3,(H2,22,27)(H,23,24,25). The van der Waals surface area contributed by atoms with Crippen molar-refractivity contribution in [3.63, 3.8) is 0 Å².